The Hall–Kier alpha value is -1.00. The van der Waals surface area contributed by atoms with Gasteiger partial charge in [0.2, 0.25) is 0 Å². The Bertz CT molecular complexity index is 486. The van der Waals surface area contributed by atoms with Crippen LogP contribution in [0.2, 0.25) is 0 Å². The number of aromatic nitrogens is 2. The molecule has 0 atom stereocenters. The molecule has 0 amide bonds. The van der Waals surface area contributed by atoms with Crippen molar-refractivity contribution < 1.29 is 4.74 Å². The van der Waals surface area contributed by atoms with Crippen LogP contribution in [0.3, 0.4) is 0 Å². The third kappa shape index (κ3) is 4.01. The molecule has 4 heteroatoms. The molecule has 1 aromatic rings. The van der Waals surface area contributed by atoms with E-state index in [2.05, 4.69) is 46.4 Å². The molecule has 1 aliphatic heterocycles. The smallest absolute Gasteiger partial charge is 0.142 e. The van der Waals surface area contributed by atoms with Crippen LogP contribution in [0.1, 0.15) is 63.3 Å². The van der Waals surface area contributed by atoms with Gasteiger partial charge in [-0.05, 0) is 18.4 Å². The van der Waals surface area contributed by atoms with Crippen LogP contribution in [-0.4, -0.2) is 41.2 Å². The van der Waals surface area contributed by atoms with Crippen LogP contribution < -0.4 is 0 Å². The van der Waals surface area contributed by atoms with E-state index >= 15 is 0 Å². The second kappa shape index (κ2) is 6.41. The number of nitrogens with zero attached hydrogens (tertiary/aromatic N) is 3. The Morgan fingerprint density at radius 3 is 2.29 bits per heavy atom. The molecule has 0 N–H and O–H groups in total. The average Bonchev–Trinajstić information content (AvgIpc) is 2.37. The predicted molar refractivity (Wildman–Crippen MR) is 85.7 cm³/mol. The molecule has 1 aromatic heterocycles. The average molecular weight is 291 g/mol. The van der Waals surface area contributed by atoms with Gasteiger partial charge < -0.3 is 4.74 Å². The van der Waals surface area contributed by atoms with E-state index < -0.39 is 0 Å². The van der Waals surface area contributed by atoms with Gasteiger partial charge in [0.15, 0.2) is 0 Å². The molecular formula is C17H29N3O. The van der Waals surface area contributed by atoms with E-state index in [1.165, 1.54) is 11.3 Å². The first kappa shape index (κ1) is 16.4. The Morgan fingerprint density at radius 1 is 1.14 bits per heavy atom. The molecule has 0 saturated carbocycles. The van der Waals surface area contributed by atoms with Crippen molar-refractivity contribution in [2.24, 2.45) is 0 Å². The van der Waals surface area contributed by atoms with Gasteiger partial charge in [0.25, 0.3) is 0 Å². The Balaban J connectivity index is 2.33. The van der Waals surface area contributed by atoms with Crippen molar-refractivity contribution in [2.45, 2.75) is 59.4 Å². The largest absolute Gasteiger partial charge is 0.379 e. The van der Waals surface area contributed by atoms with E-state index in [0.717, 1.165) is 44.4 Å². The van der Waals surface area contributed by atoms with Gasteiger partial charge in [0.1, 0.15) is 5.82 Å². The van der Waals surface area contributed by atoms with Crippen LogP contribution in [0.25, 0.3) is 0 Å². The number of ether oxygens (including phenoxy) is 1. The number of rotatable bonds is 3. The van der Waals surface area contributed by atoms with Crippen LogP contribution >= 0.6 is 0 Å². The highest BCUT2D eigenvalue weighted by atomic mass is 16.5. The van der Waals surface area contributed by atoms with Crippen LogP contribution in [0.15, 0.2) is 0 Å². The molecule has 4 nitrogen and oxygen atoms in total. The van der Waals surface area contributed by atoms with Gasteiger partial charge in [-0.25, -0.2) is 9.97 Å². The topological polar surface area (TPSA) is 38.2 Å². The summed E-state index contributed by atoms with van der Waals surface area (Å²) in [7, 11) is 0. The molecular weight excluding hydrogens is 262 g/mol. The molecule has 0 spiro atoms. The molecule has 118 valence electrons. The SMILES string of the molecule is Cc1nc(CN2CCOCC2)nc(C(C)(C)C)c1C(C)C. The quantitative estimate of drug-likeness (QED) is 0.858. The Labute approximate surface area is 128 Å². The van der Waals surface area contributed by atoms with Crippen molar-refractivity contribution in [3.05, 3.63) is 22.8 Å². The summed E-state index contributed by atoms with van der Waals surface area (Å²) in [4.78, 5) is 12.1. The number of morpholine rings is 1. The second-order valence-electron chi connectivity index (χ2n) is 7.28. The molecule has 1 fully saturated rings. The fraction of sp³-hybridized carbons (Fsp3) is 0.765. The fourth-order valence-corrected chi connectivity index (χ4v) is 2.93. The highest BCUT2D eigenvalue weighted by Crippen LogP contribution is 2.30. The summed E-state index contributed by atoms with van der Waals surface area (Å²) in [6.07, 6.45) is 0. The normalized spacial score (nSPS) is 17.5. The van der Waals surface area contributed by atoms with E-state index in [4.69, 9.17) is 14.7 Å². The van der Waals surface area contributed by atoms with Gasteiger partial charge >= 0.3 is 0 Å². The molecule has 0 unspecified atom stereocenters. The zero-order chi connectivity index (χ0) is 15.6. The lowest BCUT2D eigenvalue weighted by molar-refractivity contribution is 0.0329. The van der Waals surface area contributed by atoms with E-state index in [0.29, 0.717) is 5.92 Å². The summed E-state index contributed by atoms with van der Waals surface area (Å²) in [6, 6.07) is 0. The Morgan fingerprint density at radius 2 is 1.76 bits per heavy atom. The predicted octanol–water partition coefficient (Wildman–Crippen LogP) is 3.04. The summed E-state index contributed by atoms with van der Waals surface area (Å²) < 4.78 is 5.41. The Kier molecular flexibility index (Phi) is 4.99. The maximum absolute atomic E-state index is 5.41. The highest BCUT2D eigenvalue weighted by molar-refractivity contribution is 5.33. The maximum atomic E-state index is 5.41. The number of hydrogen-bond acceptors (Lipinski definition) is 4. The number of hydrogen-bond donors (Lipinski definition) is 0. The third-order valence-electron chi connectivity index (χ3n) is 3.94. The monoisotopic (exact) mass is 291 g/mol. The fourth-order valence-electron chi connectivity index (χ4n) is 2.93. The minimum absolute atomic E-state index is 0.0487. The van der Waals surface area contributed by atoms with Gasteiger partial charge in [0.05, 0.1) is 25.5 Å². The molecule has 1 saturated heterocycles. The zero-order valence-corrected chi connectivity index (χ0v) is 14.4. The minimum Gasteiger partial charge on any atom is -0.379 e. The summed E-state index contributed by atoms with van der Waals surface area (Å²) in [6.45, 7) is 17.7. The van der Waals surface area contributed by atoms with Gasteiger partial charge in [0, 0.05) is 24.2 Å². The van der Waals surface area contributed by atoms with Crippen LogP contribution in [-0.2, 0) is 16.7 Å². The molecule has 0 aliphatic carbocycles. The summed E-state index contributed by atoms with van der Waals surface area (Å²) in [5.74, 6) is 1.40. The zero-order valence-electron chi connectivity index (χ0n) is 14.4. The molecule has 2 heterocycles. The first-order valence-corrected chi connectivity index (χ1v) is 7.97. The van der Waals surface area contributed by atoms with E-state index in [-0.39, 0.29) is 5.41 Å². The molecule has 2 rings (SSSR count). The van der Waals surface area contributed by atoms with Gasteiger partial charge in [-0.15, -0.1) is 0 Å². The van der Waals surface area contributed by atoms with E-state index in [1.807, 2.05) is 0 Å². The van der Waals surface area contributed by atoms with Gasteiger partial charge in [-0.2, -0.15) is 0 Å². The van der Waals surface area contributed by atoms with Gasteiger partial charge in [-0.3, -0.25) is 4.90 Å². The lowest BCUT2D eigenvalue weighted by atomic mass is 9.84. The van der Waals surface area contributed by atoms with Crippen molar-refractivity contribution in [1.82, 2.24) is 14.9 Å². The van der Waals surface area contributed by atoms with Crippen LogP contribution in [0, 0.1) is 6.92 Å². The summed E-state index contributed by atoms with van der Waals surface area (Å²) in [5.41, 5.74) is 3.70. The minimum atomic E-state index is 0.0487. The van der Waals surface area contributed by atoms with Crippen molar-refractivity contribution in [3.8, 4) is 0 Å². The lowest BCUT2D eigenvalue weighted by Crippen LogP contribution is -2.36. The van der Waals surface area contributed by atoms with Crippen molar-refractivity contribution in [1.29, 1.82) is 0 Å². The van der Waals surface area contributed by atoms with E-state index in [9.17, 15) is 0 Å². The van der Waals surface area contributed by atoms with Crippen LogP contribution in [0.5, 0.6) is 0 Å². The first-order chi connectivity index (χ1) is 9.79. The molecule has 0 radical (unpaired) electrons. The molecule has 21 heavy (non-hydrogen) atoms. The maximum Gasteiger partial charge on any atom is 0.142 e. The summed E-state index contributed by atoms with van der Waals surface area (Å²) >= 11 is 0. The third-order valence-corrected chi connectivity index (χ3v) is 3.94. The molecule has 1 aliphatic rings. The summed E-state index contributed by atoms with van der Waals surface area (Å²) in [5, 5.41) is 0. The number of aryl methyl sites for hydroxylation is 1. The molecule has 0 aromatic carbocycles. The molecule has 0 bridgehead atoms. The van der Waals surface area contributed by atoms with Crippen molar-refractivity contribution in [3.63, 3.8) is 0 Å². The van der Waals surface area contributed by atoms with Crippen molar-refractivity contribution >= 4 is 0 Å². The standard InChI is InChI=1S/C17H29N3O/c1-12(2)15-13(3)18-14(19-16(15)17(4,5)6)11-20-7-9-21-10-8-20/h12H,7-11H2,1-6H3. The highest BCUT2D eigenvalue weighted by Gasteiger charge is 2.25. The van der Waals surface area contributed by atoms with Crippen LogP contribution in [0.4, 0.5) is 0 Å². The van der Waals surface area contributed by atoms with E-state index in [1.54, 1.807) is 0 Å². The van der Waals surface area contributed by atoms with Gasteiger partial charge in [-0.1, -0.05) is 34.6 Å². The van der Waals surface area contributed by atoms with Crippen molar-refractivity contribution in [2.75, 3.05) is 26.3 Å². The lowest BCUT2D eigenvalue weighted by Gasteiger charge is -2.28. The second-order valence-corrected chi connectivity index (χ2v) is 7.28. The first-order valence-electron chi connectivity index (χ1n) is 7.97.